The van der Waals surface area contributed by atoms with Gasteiger partial charge in [-0.15, -0.1) is 0 Å². The summed E-state index contributed by atoms with van der Waals surface area (Å²) in [5, 5.41) is 12.7. The molecule has 2 aromatic carbocycles. The Morgan fingerprint density at radius 2 is 1.92 bits per heavy atom. The number of hydrogen-bond acceptors (Lipinski definition) is 2. The molecule has 1 aliphatic rings. The van der Waals surface area contributed by atoms with Crippen molar-refractivity contribution in [3.63, 3.8) is 0 Å². The predicted molar refractivity (Wildman–Crippen MR) is 105 cm³/mol. The van der Waals surface area contributed by atoms with Crippen molar-refractivity contribution in [2.75, 3.05) is 0 Å². The molecule has 0 radical (unpaired) electrons. The number of carboxylic acids is 1. The maximum absolute atomic E-state index is 13.0. The maximum atomic E-state index is 13.0. The molecule has 1 atom stereocenters. The number of carboxylic acid groups (broad SMARTS) is 1. The summed E-state index contributed by atoms with van der Waals surface area (Å²) in [5.74, 6) is -1.38. The van der Waals surface area contributed by atoms with Crippen molar-refractivity contribution in [3.8, 4) is 0 Å². The Hall–Kier alpha value is -2.40. The second kappa shape index (κ2) is 7.08. The minimum Gasteiger partial charge on any atom is -0.479 e. The van der Waals surface area contributed by atoms with E-state index < -0.39 is 11.5 Å². The van der Waals surface area contributed by atoms with Crippen LogP contribution in [0.25, 0.3) is 6.08 Å². The highest BCUT2D eigenvalue weighted by Gasteiger charge is 2.45. The molecule has 0 saturated heterocycles. The quantitative estimate of drug-likeness (QED) is 0.790. The first-order chi connectivity index (χ1) is 12.4. The molecule has 1 aliphatic carbocycles. The van der Waals surface area contributed by atoms with Gasteiger partial charge in [0, 0.05) is 22.9 Å². The number of nitrogens with one attached hydrogen (secondary N) is 1. The van der Waals surface area contributed by atoms with E-state index in [2.05, 4.69) is 21.2 Å². The third-order valence-electron chi connectivity index (χ3n) is 4.82. The minimum absolute atomic E-state index is 0.271. The summed E-state index contributed by atoms with van der Waals surface area (Å²) in [4.78, 5) is 25.0. The number of aryl methyl sites for hydroxylation is 1. The van der Waals surface area contributed by atoms with Crippen LogP contribution in [0.4, 0.5) is 0 Å². The highest BCUT2D eigenvalue weighted by Crippen LogP contribution is 2.33. The first kappa shape index (κ1) is 18.4. The van der Waals surface area contributed by atoms with Crippen LogP contribution in [0.15, 0.2) is 46.9 Å². The van der Waals surface area contributed by atoms with E-state index in [4.69, 9.17) is 0 Å². The second-order valence-corrected chi connectivity index (χ2v) is 7.56. The molecule has 0 heterocycles. The van der Waals surface area contributed by atoms with E-state index in [1.807, 2.05) is 56.3 Å². The largest absolute Gasteiger partial charge is 0.479 e. The fourth-order valence-electron chi connectivity index (χ4n) is 3.49. The van der Waals surface area contributed by atoms with Crippen LogP contribution in [0, 0.1) is 6.92 Å². The van der Waals surface area contributed by atoms with Gasteiger partial charge in [-0.05, 0) is 54.3 Å². The van der Waals surface area contributed by atoms with Crippen LogP contribution in [0.1, 0.15) is 39.5 Å². The number of amides is 1. The third-order valence-corrected chi connectivity index (χ3v) is 5.31. The molecule has 5 heteroatoms. The number of fused-ring (bicyclic) bond motifs is 1. The molecule has 1 unspecified atom stereocenters. The van der Waals surface area contributed by atoms with Crippen LogP contribution >= 0.6 is 15.9 Å². The first-order valence-electron chi connectivity index (χ1n) is 8.42. The molecule has 2 N–H and O–H groups in total. The summed E-state index contributed by atoms with van der Waals surface area (Å²) >= 11 is 3.42. The normalized spacial score (nSPS) is 18.7. The van der Waals surface area contributed by atoms with Gasteiger partial charge in [-0.1, -0.05) is 46.3 Å². The van der Waals surface area contributed by atoms with Gasteiger partial charge in [-0.25, -0.2) is 4.79 Å². The zero-order chi connectivity index (χ0) is 18.9. The molecule has 4 nitrogen and oxygen atoms in total. The monoisotopic (exact) mass is 413 g/mol. The number of rotatable bonds is 4. The molecule has 3 rings (SSSR count). The minimum atomic E-state index is -1.32. The zero-order valence-electron chi connectivity index (χ0n) is 14.7. The second-order valence-electron chi connectivity index (χ2n) is 6.64. The Bertz CT molecular complexity index is 919. The SMILES string of the molecule is C/C=C/c1c(C)cccc1C(=O)NC1(C(=O)O)Cc2ccc(Br)cc2C1. The summed E-state index contributed by atoms with van der Waals surface area (Å²) in [6, 6.07) is 11.2. The maximum Gasteiger partial charge on any atom is 0.330 e. The third kappa shape index (κ3) is 3.31. The average molecular weight is 414 g/mol. The van der Waals surface area contributed by atoms with E-state index in [1.54, 1.807) is 6.07 Å². The van der Waals surface area contributed by atoms with E-state index >= 15 is 0 Å². The fourth-order valence-corrected chi connectivity index (χ4v) is 3.90. The number of halogens is 1. The molecule has 26 heavy (non-hydrogen) atoms. The van der Waals surface area contributed by atoms with Crippen LogP contribution in [0.2, 0.25) is 0 Å². The molecular weight excluding hydrogens is 394 g/mol. The van der Waals surface area contributed by atoms with Crippen LogP contribution < -0.4 is 5.32 Å². The lowest BCUT2D eigenvalue weighted by Gasteiger charge is -2.26. The molecule has 1 amide bonds. The Morgan fingerprint density at radius 3 is 2.62 bits per heavy atom. The highest BCUT2D eigenvalue weighted by molar-refractivity contribution is 9.10. The highest BCUT2D eigenvalue weighted by atomic mass is 79.9. The Morgan fingerprint density at radius 1 is 1.19 bits per heavy atom. The van der Waals surface area contributed by atoms with Crippen LogP contribution in [-0.4, -0.2) is 22.5 Å². The Labute approximate surface area is 161 Å². The van der Waals surface area contributed by atoms with Crippen molar-refractivity contribution in [1.29, 1.82) is 0 Å². The van der Waals surface area contributed by atoms with Crippen molar-refractivity contribution in [2.45, 2.75) is 32.2 Å². The van der Waals surface area contributed by atoms with Gasteiger partial charge in [0.2, 0.25) is 0 Å². The topological polar surface area (TPSA) is 66.4 Å². The van der Waals surface area contributed by atoms with Gasteiger partial charge in [0.05, 0.1) is 0 Å². The van der Waals surface area contributed by atoms with Gasteiger partial charge in [-0.3, -0.25) is 4.79 Å². The van der Waals surface area contributed by atoms with E-state index in [1.165, 1.54) is 0 Å². The van der Waals surface area contributed by atoms with Crippen LogP contribution in [0.3, 0.4) is 0 Å². The fraction of sp³-hybridized carbons (Fsp3) is 0.238. The summed E-state index contributed by atoms with van der Waals surface area (Å²) in [6.07, 6.45) is 4.29. The molecule has 0 saturated carbocycles. The molecule has 134 valence electrons. The molecule has 0 fully saturated rings. The molecule has 0 spiro atoms. The van der Waals surface area contributed by atoms with Gasteiger partial charge < -0.3 is 10.4 Å². The smallest absolute Gasteiger partial charge is 0.330 e. The van der Waals surface area contributed by atoms with Crippen molar-refractivity contribution >= 4 is 33.9 Å². The lowest BCUT2D eigenvalue weighted by Crippen LogP contribution is -2.55. The standard InChI is InChI=1S/C21H20BrNO3/c1-3-5-17-13(2)6-4-7-18(17)19(24)23-21(20(25)26)11-14-8-9-16(22)10-15(14)12-21/h3-10H,11-12H2,1-2H3,(H,23,24)(H,25,26)/b5-3+. The van der Waals surface area contributed by atoms with Crippen molar-refractivity contribution in [2.24, 2.45) is 0 Å². The molecule has 0 aromatic heterocycles. The molecule has 0 aliphatic heterocycles. The summed E-state index contributed by atoms with van der Waals surface area (Å²) < 4.78 is 0.901. The van der Waals surface area contributed by atoms with Crippen LogP contribution in [0.5, 0.6) is 0 Å². The number of hydrogen-bond donors (Lipinski definition) is 2. The van der Waals surface area contributed by atoms with E-state index in [0.717, 1.165) is 26.7 Å². The summed E-state index contributed by atoms with van der Waals surface area (Å²) in [7, 11) is 0. The van der Waals surface area contributed by atoms with Gasteiger partial charge >= 0.3 is 5.97 Å². The number of allylic oxidation sites excluding steroid dienone is 1. The molecule has 0 bridgehead atoms. The lowest BCUT2D eigenvalue weighted by atomic mass is 9.94. The van der Waals surface area contributed by atoms with E-state index in [9.17, 15) is 14.7 Å². The van der Waals surface area contributed by atoms with Gasteiger partial charge in [0.25, 0.3) is 5.91 Å². The lowest BCUT2D eigenvalue weighted by molar-refractivity contribution is -0.144. The first-order valence-corrected chi connectivity index (χ1v) is 9.21. The summed E-state index contributed by atoms with van der Waals surface area (Å²) in [6.45, 7) is 3.82. The Kier molecular flexibility index (Phi) is 5.01. The van der Waals surface area contributed by atoms with Gasteiger partial charge in [0.15, 0.2) is 0 Å². The van der Waals surface area contributed by atoms with Crippen molar-refractivity contribution in [1.82, 2.24) is 5.32 Å². The number of aliphatic carboxylic acids is 1. The molecule has 2 aromatic rings. The van der Waals surface area contributed by atoms with E-state index in [-0.39, 0.29) is 18.7 Å². The Balaban J connectivity index is 1.95. The van der Waals surface area contributed by atoms with Gasteiger partial charge in [-0.2, -0.15) is 0 Å². The molecular formula is C21H20BrNO3. The number of benzene rings is 2. The predicted octanol–water partition coefficient (Wildman–Crippen LogP) is 4.14. The van der Waals surface area contributed by atoms with Crippen LogP contribution in [-0.2, 0) is 17.6 Å². The van der Waals surface area contributed by atoms with Crippen molar-refractivity contribution < 1.29 is 14.7 Å². The number of carbonyl (C=O) groups excluding carboxylic acids is 1. The van der Waals surface area contributed by atoms with Crippen molar-refractivity contribution in [3.05, 3.63) is 74.8 Å². The zero-order valence-corrected chi connectivity index (χ0v) is 16.3. The van der Waals surface area contributed by atoms with Gasteiger partial charge in [0.1, 0.15) is 5.54 Å². The average Bonchev–Trinajstić information content (AvgIpc) is 2.95. The summed E-state index contributed by atoms with van der Waals surface area (Å²) in [5.41, 5.74) is 2.84. The van der Waals surface area contributed by atoms with E-state index in [0.29, 0.717) is 5.56 Å². The number of carbonyl (C=O) groups is 2.